The lowest BCUT2D eigenvalue weighted by Crippen LogP contribution is -2.38. The number of aromatic nitrogens is 2. The number of anilines is 2. The molecule has 2 amide bonds. The highest BCUT2D eigenvalue weighted by Crippen LogP contribution is 2.33. The molecule has 4 rings (SSSR count). The Balaban J connectivity index is 1.46. The summed E-state index contributed by atoms with van der Waals surface area (Å²) in [7, 11) is 0. The van der Waals surface area contributed by atoms with Crippen LogP contribution in [0, 0.1) is 0 Å². The first-order valence-corrected chi connectivity index (χ1v) is 10.6. The highest BCUT2D eigenvalue weighted by Gasteiger charge is 2.20. The molecule has 0 unspecified atom stereocenters. The van der Waals surface area contributed by atoms with Crippen molar-refractivity contribution in [2.75, 3.05) is 50.4 Å². The summed E-state index contributed by atoms with van der Waals surface area (Å²) in [5.74, 6) is 0.383. The van der Waals surface area contributed by atoms with Gasteiger partial charge in [0.15, 0.2) is 5.82 Å². The monoisotopic (exact) mass is 420 g/mol. The summed E-state index contributed by atoms with van der Waals surface area (Å²) < 4.78 is 7.01. The number of nitrogens with zero attached hydrogens (tertiary/aromatic N) is 3. The molecular weight excluding hydrogens is 392 g/mol. The summed E-state index contributed by atoms with van der Waals surface area (Å²) in [6, 6.07) is 19.0. The van der Waals surface area contributed by atoms with E-state index < -0.39 is 0 Å². The van der Waals surface area contributed by atoms with E-state index in [2.05, 4.69) is 15.5 Å². The minimum Gasteiger partial charge on any atom is -0.382 e. The number of carbonyl (C=O) groups excluding carboxylic acids is 1. The number of benzene rings is 2. The predicted octanol–water partition coefficient (Wildman–Crippen LogP) is 2.97. The molecule has 1 aliphatic rings. The normalized spacial score (nSPS) is 14.3. The summed E-state index contributed by atoms with van der Waals surface area (Å²) >= 11 is 0. The molecular formula is C23H28N6O2. The van der Waals surface area contributed by atoms with Crippen molar-refractivity contribution in [3.05, 3.63) is 60.7 Å². The molecule has 0 saturated carbocycles. The number of hydrogen-bond acceptors (Lipinski definition) is 5. The number of ether oxygens (including phenoxy) is 1. The van der Waals surface area contributed by atoms with Crippen LogP contribution in [0.15, 0.2) is 60.7 Å². The van der Waals surface area contributed by atoms with Crippen molar-refractivity contribution in [2.45, 2.75) is 6.42 Å². The maximum absolute atomic E-state index is 12.6. The molecule has 3 aromatic rings. The van der Waals surface area contributed by atoms with Gasteiger partial charge in [-0.25, -0.2) is 9.48 Å². The Labute approximate surface area is 182 Å². The zero-order chi connectivity index (χ0) is 21.5. The molecule has 4 N–H and O–H groups in total. The van der Waals surface area contributed by atoms with E-state index in [0.29, 0.717) is 23.7 Å². The Morgan fingerprint density at radius 2 is 1.71 bits per heavy atom. The van der Waals surface area contributed by atoms with Gasteiger partial charge in [0.05, 0.1) is 18.9 Å². The van der Waals surface area contributed by atoms with E-state index in [1.54, 1.807) is 4.68 Å². The Morgan fingerprint density at radius 1 is 1.03 bits per heavy atom. The fourth-order valence-electron chi connectivity index (χ4n) is 3.61. The number of carbonyl (C=O) groups is 1. The molecule has 162 valence electrons. The Morgan fingerprint density at radius 3 is 2.42 bits per heavy atom. The van der Waals surface area contributed by atoms with E-state index in [4.69, 9.17) is 15.6 Å². The second kappa shape index (κ2) is 10.1. The van der Waals surface area contributed by atoms with Gasteiger partial charge >= 0.3 is 6.03 Å². The smallest absolute Gasteiger partial charge is 0.319 e. The van der Waals surface area contributed by atoms with Gasteiger partial charge in [0.2, 0.25) is 0 Å². The minimum absolute atomic E-state index is 0.293. The quantitative estimate of drug-likeness (QED) is 0.511. The number of urea groups is 1. The minimum atomic E-state index is -0.293. The van der Waals surface area contributed by atoms with E-state index in [0.717, 1.165) is 50.5 Å². The first-order valence-electron chi connectivity index (χ1n) is 10.6. The third kappa shape index (κ3) is 5.22. The van der Waals surface area contributed by atoms with Gasteiger partial charge in [0.25, 0.3) is 0 Å². The van der Waals surface area contributed by atoms with Crippen molar-refractivity contribution >= 4 is 17.5 Å². The van der Waals surface area contributed by atoms with E-state index in [9.17, 15) is 4.79 Å². The molecule has 0 bridgehead atoms. The second-order valence-corrected chi connectivity index (χ2v) is 7.41. The van der Waals surface area contributed by atoms with Crippen LogP contribution in [-0.2, 0) is 4.74 Å². The lowest BCUT2D eigenvalue weighted by Gasteiger charge is -2.26. The third-order valence-corrected chi connectivity index (χ3v) is 5.25. The second-order valence-electron chi connectivity index (χ2n) is 7.41. The van der Waals surface area contributed by atoms with Crippen LogP contribution in [0.25, 0.3) is 16.9 Å². The summed E-state index contributed by atoms with van der Waals surface area (Å²) in [6.45, 7) is 4.97. The van der Waals surface area contributed by atoms with Gasteiger partial charge in [-0.1, -0.05) is 48.5 Å². The first-order chi connectivity index (χ1) is 15.2. The van der Waals surface area contributed by atoms with Crippen molar-refractivity contribution in [3.8, 4) is 16.9 Å². The van der Waals surface area contributed by atoms with E-state index >= 15 is 0 Å². The number of nitrogens with two attached hydrogens (primary N) is 1. The topological polar surface area (TPSA) is 97.4 Å². The van der Waals surface area contributed by atoms with Gasteiger partial charge in [-0.05, 0) is 25.1 Å². The maximum atomic E-state index is 12.6. The highest BCUT2D eigenvalue weighted by molar-refractivity contribution is 5.97. The number of nitrogen functional groups attached to an aromatic ring is 1. The van der Waals surface area contributed by atoms with Gasteiger partial charge in [-0.2, -0.15) is 5.10 Å². The number of amides is 2. The van der Waals surface area contributed by atoms with Gasteiger partial charge in [-0.3, -0.25) is 4.90 Å². The Bertz CT molecular complexity index is 984. The van der Waals surface area contributed by atoms with Crippen LogP contribution in [0.4, 0.5) is 16.3 Å². The van der Waals surface area contributed by atoms with E-state index in [-0.39, 0.29) is 6.03 Å². The third-order valence-electron chi connectivity index (χ3n) is 5.25. The van der Waals surface area contributed by atoms with Crippen LogP contribution in [0.1, 0.15) is 6.42 Å². The number of morpholine rings is 1. The van der Waals surface area contributed by atoms with Crippen molar-refractivity contribution in [1.29, 1.82) is 0 Å². The number of para-hydroxylation sites is 1. The van der Waals surface area contributed by atoms with Gasteiger partial charge in [0, 0.05) is 25.2 Å². The molecule has 0 atom stereocenters. The molecule has 1 saturated heterocycles. The molecule has 8 heteroatoms. The summed E-state index contributed by atoms with van der Waals surface area (Å²) in [5, 5.41) is 10.5. The number of rotatable bonds is 7. The van der Waals surface area contributed by atoms with Crippen LogP contribution in [0.2, 0.25) is 0 Å². The van der Waals surface area contributed by atoms with Crippen molar-refractivity contribution < 1.29 is 9.53 Å². The zero-order valence-electron chi connectivity index (χ0n) is 17.5. The standard InChI is InChI=1S/C23H28N6O2/c24-22-21(26-23(30)25-12-7-13-28-14-16-31-17-15-28)20(18-8-3-1-4-9-18)27-29(22)19-10-5-2-6-11-19/h1-6,8-11H,7,12-17,24H2,(H2,25,26,30). The lowest BCUT2D eigenvalue weighted by molar-refractivity contribution is 0.0375. The first kappa shape index (κ1) is 20.9. The molecule has 1 aliphatic heterocycles. The molecule has 2 aromatic carbocycles. The van der Waals surface area contributed by atoms with Gasteiger partial charge < -0.3 is 21.1 Å². The van der Waals surface area contributed by atoms with Crippen molar-refractivity contribution in [2.24, 2.45) is 0 Å². The van der Waals surface area contributed by atoms with Crippen molar-refractivity contribution in [3.63, 3.8) is 0 Å². The maximum Gasteiger partial charge on any atom is 0.319 e. The van der Waals surface area contributed by atoms with E-state index in [1.165, 1.54) is 0 Å². The number of nitrogens with one attached hydrogen (secondary N) is 2. The summed E-state index contributed by atoms with van der Waals surface area (Å²) in [5.41, 5.74) is 9.26. The molecule has 2 heterocycles. The lowest BCUT2D eigenvalue weighted by atomic mass is 10.1. The van der Waals surface area contributed by atoms with Gasteiger partial charge in [0.1, 0.15) is 11.4 Å². The van der Waals surface area contributed by atoms with Crippen molar-refractivity contribution in [1.82, 2.24) is 20.0 Å². The average molecular weight is 421 g/mol. The molecule has 8 nitrogen and oxygen atoms in total. The van der Waals surface area contributed by atoms with Gasteiger partial charge in [-0.15, -0.1) is 0 Å². The Kier molecular flexibility index (Phi) is 6.81. The Hall–Kier alpha value is -3.36. The van der Waals surface area contributed by atoms with E-state index in [1.807, 2.05) is 60.7 Å². The number of hydrogen-bond donors (Lipinski definition) is 3. The zero-order valence-corrected chi connectivity index (χ0v) is 17.5. The summed E-state index contributed by atoms with van der Waals surface area (Å²) in [4.78, 5) is 14.9. The SMILES string of the molecule is Nc1c(NC(=O)NCCCN2CCOCC2)c(-c2ccccc2)nn1-c1ccccc1. The molecule has 0 aliphatic carbocycles. The molecule has 31 heavy (non-hydrogen) atoms. The molecule has 0 radical (unpaired) electrons. The summed E-state index contributed by atoms with van der Waals surface area (Å²) in [6.07, 6.45) is 0.873. The molecule has 0 spiro atoms. The molecule has 1 aromatic heterocycles. The predicted molar refractivity (Wildman–Crippen MR) is 122 cm³/mol. The van der Waals surface area contributed by atoms with Crippen LogP contribution in [0.3, 0.4) is 0 Å². The highest BCUT2D eigenvalue weighted by atomic mass is 16.5. The van der Waals surface area contributed by atoms with Crippen LogP contribution < -0.4 is 16.4 Å². The molecule has 1 fully saturated rings. The van der Waals surface area contributed by atoms with Crippen LogP contribution in [-0.4, -0.2) is 60.1 Å². The average Bonchev–Trinajstić information content (AvgIpc) is 3.14. The van der Waals surface area contributed by atoms with Crippen LogP contribution >= 0.6 is 0 Å². The van der Waals surface area contributed by atoms with Crippen LogP contribution in [0.5, 0.6) is 0 Å². The fourth-order valence-corrected chi connectivity index (χ4v) is 3.61. The largest absolute Gasteiger partial charge is 0.382 e. The fraction of sp³-hybridized carbons (Fsp3) is 0.304.